The van der Waals surface area contributed by atoms with E-state index in [0.717, 1.165) is 18.7 Å². The summed E-state index contributed by atoms with van der Waals surface area (Å²) in [4.78, 5) is 29.7. The Morgan fingerprint density at radius 1 is 1.07 bits per heavy atom. The van der Waals surface area contributed by atoms with Crippen molar-refractivity contribution in [3.63, 3.8) is 0 Å². The molecule has 2 fully saturated rings. The highest BCUT2D eigenvalue weighted by Gasteiger charge is 2.31. The van der Waals surface area contributed by atoms with Gasteiger partial charge in [0.15, 0.2) is 0 Å². The Balaban J connectivity index is 1.34. The molecule has 0 bridgehead atoms. The fourth-order valence-corrected chi connectivity index (χ4v) is 4.35. The van der Waals surface area contributed by atoms with E-state index < -0.39 is 0 Å². The summed E-state index contributed by atoms with van der Waals surface area (Å²) in [5, 5.41) is 3.10. The maximum Gasteiger partial charge on any atom is 0.254 e. The molecule has 2 aliphatic rings. The summed E-state index contributed by atoms with van der Waals surface area (Å²) in [5.41, 5.74) is 2.96. The molecule has 2 saturated heterocycles. The van der Waals surface area contributed by atoms with Crippen molar-refractivity contribution in [2.45, 2.75) is 25.8 Å². The molecule has 158 valence electrons. The number of methoxy groups -OCH3 is 1. The molecule has 0 radical (unpaired) electrons. The number of anilines is 1. The number of likely N-dealkylation sites (tertiary alicyclic amines) is 1. The molecule has 4 rings (SSSR count). The fourth-order valence-electron chi connectivity index (χ4n) is 4.35. The first-order valence-electron chi connectivity index (χ1n) is 10.7. The molecule has 2 aliphatic heterocycles. The van der Waals surface area contributed by atoms with Crippen LogP contribution in [0.4, 0.5) is 5.69 Å². The van der Waals surface area contributed by atoms with Gasteiger partial charge in [-0.15, -0.1) is 0 Å². The smallest absolute Gasteiger partial charge is 0.254 e. The van der Waals surface area contributed by atoms with Gasteiger partial charge in [0.2, 0.25) is 5.91 Å². The predicted octanol–water partition coefficient (Wildman–Crippen LogP) is 3.07. The van der Waals surface area contributed by atoms with E-state index >= 15 is 0 Å². The molecule has 0 spiro atoms. The van der Waals surface area contributed by atoms with Crippen LogP contribution >= 0.6 is 0 Å². The molecule has 2 amide bonds. The van der Waals surface area contributed by atoms with E-state index in [0.29, 0.717) is 37.4 Å². The predicted molar refractivity (Wildman–Crippen MR) is 117 cm³/mol. The molecule has 0 saturated carbocycles. The van der Waals surface area contributed by atoms with Crippen molar-refractivity contribution >= 4 is 17.5 Å². The van der Waals surface area contributed by atoms with Crippen LogP contribution in [0.15, 0.2) is 48.5 Å². The standard InChI is InChI=1S/C24H29N3O3/c1-30-21-9-6-8-18(15-21)24(29)27-14-11-20(17-27)23(28)25-16-19-7-2-3-10-22(19)26-12-4-5-13-26/h2-3,6-10,15,20H,4-5,11-14,16-17H2,1H3,(H,25,28). The molecule has 2 heterocycles. The molecule has 2 aromatic rings. The number of hydrogen-bond donors (Lipinski definition) is 1. The van der Waals surface area contributed by atoms with Gasteiger partial charge in [-0.2, -0.15) is 0 Å². The van der Waals surface area contributed by atoms with E-state index in [9.17, 15) is 9.59 Å². The monoisotopic (exact) mass is 407 g/mol. The third kappa shape index (κ3) is 4.42. The minimum absolute atomic E-state index is 0.0205. The third-order valence-corrected chi connectivity index (χ3v) is 6.05. The van der Waals surface area contributed by atoms with Crippen LogP contribution in [0.2, 0.25) is 0 Å². The van der Waals surface area contributed by atoms with Crippen molar-refractivity contribution in [1.29, 1.82) is 0 Å². The van der Waals surface area contributed by atoms with Gasteiger partial charge in [0.1, 0.15) is 5.75 Å². The number of carbonyl (C=O) groups is 2. The minimum Gasteiger partial charge on any atom is -0.497 e. The van der Waals surface area contributed by atoms with Crippen molar-refractivity contribution in [2.75, 3.05) is 38.2 Å². The lowest BCUT2D eigenvalue weighted by Crippen LogP contribution is -2.34. The summed E-state index contributed by atoms with van der Waals surface area (Å²) < 4.78 is 5.21. The number of amides is 2. The van der Waals surface area contributed by atoms with Gasteiger partial charge in [-0.25, -0.2) is 0 Å². The lowest BCUT2D eigenvalue weighted by Gasteiger charge is -2.22. The van der Waals surface area contributed by atoms with Gasteiger partial charge in [-0.1, -0.05) is 24.3 Å². The number of benzene rings is 2. The summed E-state index contributed by atoms with van der Waals surface area (Å²) in [6, 6.07) is 15.4. The Hall–Kier alpha value is -3.02. The zero-order chi connectivity index (χ0) is 20.9. The Morgan fingerprint density at radius 3 is 2.67 bits per heavy atom. The number of para-hydroxylation sites is 1. The van der Waals surface area contributed by atoms with Gasteiger partial charge in [0.25, 0.3) is 5.91 Å². The summed E-state index contributed by atoms with van der Waals surface area (Å²) in [6.45, 7) is 3.73. The fraction of sp³-hybridized carbons (Fsp3) is 0.417. The van der Waals surface area contributed by atoms with Gasteiger partial charge < -0.3 is 19.9 Å². The van der Waals surface area contributed by atoms with Crippen molar-refractivity contribution in [3.05, 3.63) is 59.7 Å². The summed E-state index contributed by atoms with van der Waals surface area (Å²) >= 11 is 0. The second-order valence-electron chi connectivity index (χ2n) is 8.01. The summed E-state index contributed by atoms with van der Waals surface area (Å²) in [5.74, 6) is 0.459. The second-order valence-corrected chi connectivity index (χ2v) is 8.01. The SMILES string of the molecule is COc1cccc(C(=O)N2CCC(C(=O)NCc3ccccc3N3CCCC3)C2)c1. The number of nitrogens with zero attached hydrogens (tertiary/aromatic N) is 2. The minimum atomic E-state index is -0.168. The van der Waals surface area contributed by atoms with Crippen LogP contribution in [0.1, 0.15) is 35.2 Å². The molecule has 30 heavy (non-hydrogen) atoms. The third-order valence-electron chi connectivity index (χ3n) is 6.05. The Kier molecular flexibility index (Phi) is 6.21. The van der Waals surface area contributed by atoms with E-state index in [-0.39, 0.29) is 17.7 Å². The number of nitrogens with one attached hydrogen (secondary N) is 1. The molecule has 0 aromatic heterocycles. The van der Waals surface area contributed by atoms with E-state index in [1.165, 1.54) is 18.5 Å². The lowest BCUT2D eigenvalue weighted by atomic mass is 10.1. The molecule has 6 heteroatoms. The van der Waals surface area contributed by atoms with Gasteiger partial charge in [-0.3, -0.25) is 9.59 Å². The van der Waals surface area contributed by atoms with Gasteiger partial charge in [0.05, 0.1) is 13.0 Å². The maximum absolute atomic E-state index is 12.8. The second kappa shape index (κ2) is 9.20. The van der Waals surface area contributed by atoms with Gasteiger partial charge >= 0.3 is 0 Å². The van der Waals surface area contributed by atoms with Crippen LogP contribution in [0.25, 0.3) is 0 Å². The van der Waals surface area contributed by atoms with Crippen molar-refractivity contribution in [3.8, 4) is 5.75 Å². The average molecular weight is 408 g/mol. The maximum atomic E-state index is 12.8. The molecule has 1 unspecified atom stereocenters. The normalized spacial score (nSPS) is 18.5. The molecule has 0 aliphatic carbocycles. The van der Waals surface area contributed by atoms with E-state index in [1.54, 1.807) is 24.1 Å². The largest absolute Gasteiger partial charge is 0.497 e. The highest BCUT2D eigenvalue weighted by molar-refractivity contribution is 5.95. The summed E-state index contributed by atoms with van der Waals surface area (Å²) in [7, 11) is 1.59. The first-order valence-corrected chi connectivity index (χ1v) is 10.7. The van der Waals surface area contributed by atoms with Crippen LogP contribution in [0.5, 0.6) is 5.75 Å². The molecular weight excluding hydrogens is 378 g/mol. The summed E-state index contributed by atoms with van der Waals surface area (Å²) in [6.07, 6.45) is 3.13. The number of carbonyl (C=O) groups excluding carboxylic acids is 2. The van der Waals surface area contributed by atoms with Gasteiger partial charge in [0, 0.05) is 44.0 Å². The Labute approximate surface area is 177 Å². The highest BCUT2D eigenvalue weighted by atomic mass is 16.5. The van der Waals surface area contributed by atoms with Gasteiger partial charge in [-0.05, 0) is 49.1 Å². The molecular formula is C24H29N3O3. The number of ether oxygens (including phenoxy) is 1. The number of rotatable bonds is 6. The van der Waals surface area contributed by atoms with Crippen molar-refractivity contribution < 1.29 is 14.3 Å². The topological polar surface area (TPSA) is 61.9 Å². The lowest BCUT2D eigenvalue weighted by molar-refractivity contribution is -0.124. The number of hydrogen-bond acceptors (Lipinski definition) is 4. The molecule has 2 aromatic carbocycles. The molecule has 1 N–H and O–H groups in total. The Morgan fingerprint density at radius 2 is 1.87 bits per heavy atom. The molecule has 6 nitrogen and oxygen atoms in total. The van der Waals surface area contributed by atoms with Crippen LogP contribution in [0.3, 0.4) is 0 Å². The first-order chi connectivity index (χ1) is 14.7. The van der Waals surface area contributed by atoms with Crippen LogP contribution in [-0.2, 0) is 11.3 Å². The van der Waals surface area contributed by atoms with Crippen molar-refractivity contribution in [1.82, 2.24) is 10.2 Å². The Bertz CT molecular complexity index is 908. The van der Waals surface area contributed by atoms with Crippen LogP contribution in [0, 0.1) is 5.92 Å². The van der Waals surface area contributed by atoms with E-state index in [4.69, 9.17) is 4.74 Å². The van der Waals surface area contributed by atoms with E-state index in [1.807, 2.05) is 18.2 Å². The zero-order valence-electron chi connectivity index (χ0n) is 17.5. The van der Waals surface area contributed by atoms with Crippen LogP contribution in [-0.4, -0.2) is 50.0 Å². The van der Waals surface area contributed by atoms with E-state index in [2.05, 4.69) is 28.4 Å². The zero-order valence-corrected chi connectivity index (χ0v) is 17.5. The van der Waals surface area contributed by atoms with Crippen molar-refractivity contribution in [2.24, 2.45) is 5.92 Å². The first kappa shape index (κ1) is 20.3. The van der Waals surface area contributed by atoms with Crippen LogP contribution < -0.4 is 15.0 Å². The average Bonchev–Trinajstić information content (AvgIpc) is 3.50. The highest BCUT2D eigenvalue weighted by Crippen LogP contribution is 2.25. The molecule has 1 atom stereocenters. The quantitative estimate of drug-likeness (QED) is 0.800.